The second-order valence-electron chi connectivity index (χ2n) is 12.2. The molecule has 0 radical (unpaired) electrons. The van der Waals surface area contributed by atoms with Crippen molar-refractivity contribution in [2.24, 2.45) is 16.7 Å². The highest BCUT2D eigenvalue weighted by atomic mass is 16.7. The molecule has 0 unspecified atom stereocenters. The van der Waals surface area contributed by atoms with E-state index in [0.29, 0.717) is 5.57 Å². The summed E-state index contributed by atoms with van der Waals surface area (Å²) in [4.78, 5) is 16.1. The van der Waals surface area contributed by atoms with E-state index in [9.17, 15) is 30.3 Å². The first-order valence-electron chi connectivity index (χ1n) is 12.4. The van der Waals surface area contributed by atoms with Crippen LogP contribution in [0.3, 0.4) is 0 Å². The molecule has 4 aliphatic carbocycles. The number of nitrogens with one attached hydrogen (secondary N) is 1. The quantitative estimate of drug-likeness (QED) is 0.251. The van der Waals surface area contributed by atoms with Gasteiger partial charge in [0.25, 0.3) is 0 Å². The van der Waals surface area contributed by atoms with Crippen LogP contribution in [0.2, 0.25) is 0 Å². The number of esters is 1. The summed E-state index contributed by atoms with van der Waals surface area (Å²) in [6.45, 7) is 10.4. The Balaban J connectivity index is 1.73. The summed E-state index contributed by atoms with van der Waals surface area (Å²) in [6.07, 6.45) is -1.55. The Hall–Kier alpha value is -1.79. The average molecular weight is 506 g/mol. The van der Waals surface area contributed by atoms with E-state index in [-0.39, 0.29) is 25.0 Å². The van der Waals surface area contributed by atoms with Gasteiger partial charge in [0, 0.05) is 25.1 Å². The Bertz CT molecular complexity index is 1190. The van der Waals surface area contributed by atoms with Crippen LogP contribution in [-0.2, 0) is 14.2 Å². The van der Waals surface area contributed by atoms with Gasteiger partial charge in [0.05, 0.1) is 5.41 Å². The van der Waals surface area contributed by atoms with E-state index in [1.165, 1.54) is 20.1 Å². The zero-order valence-electron chi connectivity index (χ0n) is 21.2. The first kappa shape index (κ1) is 24.5. The van der Waals surface area contributed by atoms with Gasteiger partial charge in [-0.05, 0) is 43.4 Å². The second kappa shape index (κ2) is 6.26. The third-order valence-electron chi connectivity index (χ3n) is 11.2. The lowest BCUT2D eigenvalue weighted by Crippen LogP contribution is -2.74. The fourth-order valence-corrected chi connectivity index (χ4v) is 9.73. The van der Waals surface area contributed by atoms with Crippen molar-refractivity contribution >= 4 is 5.97 Å². The van der Waals surface area contributed by atoms with Gasteiger partial charge >= 0.3 is 5.97 Å². The molecule has 0 amide bonds. The van der Waals surface area contributed by atoms with Crippen molar-refractivity contribution < 1.29 is 44.5 Å². The Morgan fingerprint density at radius 3 is 2.47 bits per heavy atom. The van der Waals surface area contributed by atoms with E-state index in [4.69, 9.17) is 14.2 Å². The predicted octanol–water partition coefficient (Wildman–Crippen LogP) is 0.387. The fourth-order valence-electron chi connectivity index (χ4n) is 9.73. The molecule has 0 aromatic carbocycles. The molecule has 6 aliphatic rings. The van der Waals surface area contributed by atoms with Gasteiger partial charge in [0.2, 0.25) is 0 Å². The van der Waals surface area contributed by atoms with Crippen LogP contribution in [-0.4, -0.2) is 89.6 Å². The SMILES string of the molecule is C=C1CC[C@]2(O)[C@]3(C)C[C@]4(O)O[C@@]2([C@@H]1O)[C@]1(O)[C@@]3(OC)[C@H](OC(=O)c2ccc[nH]2)[C@](O)(C(C)C)[C@]14C. The van der Waals surface area contributed by atoms with Crippen LogP contribution in [0.1, 0.15) is 57.4 Å². The van der Waals surface area contributed by atoms with Gasteiger partial charge in [-0.1, -0.05) is 27.4 Å². The molecule has 198 valence electrons. The fraction of sp³-hybridized carbons (Fsp3) is 0.731. The maximum Gasteiger partial charge on any atom is 0.355 e. The topological polar surface area (TPSA) is 162 Å². The Kier molecular flexibility index (Phi) is 4.27. The molecule has 3 heterocycles. The molecule has 7 rings (SSSR count). The molecule has 6 bridgehead atoms. The first-order chi connectivity index (χ1) is 16.6. The number of aliphatic hydroxyl groups is 5. The van der Waals surface area contributed by atoms with E-state index in [1.807, 2.05) is 0 Å². The number of carbonyl (C=O) groups is 1. The monoisotopic (exact) mass is 505 g/mol. The van der Waals surface area contributed by atoms with Crippen LogP contribution >= 0.6 is 0 Å². The van der Waals surface area contributed by atoms with E-state index in [2.05, 4.69) is 11.6 Å². The number of aromatic amines is 1. The number of H-pyrrole nitrogens is 1. The predicted molar refractivity (Wildman–Crippen MR) is 123 cm³/mol. The first-order valence-corrected chi connectivity index (χ1v) is 12.4. The number of hydrogen-bond acceptors (Lipinski definition) is 9. The van der Waals surface area contributed by atoms with Crippen molar-refractivity contribution in [2.45, 2.75) is 93.0 Å². The number of hydrogen-bond donors (Lipinski definition) is 6. The van der Waals surface area contributed by atoms with Crippen molar-refractivity contribution in [2.75, 3.05) is 7.11 Å². The van der Waals surface area contributed by atoms with E-state index in [0.717, 1.165) is 0 Å². The molecule has 10 atom stereocenters. The van der Waals surface area contributed by atoms with Crippen LogP contribution in [0.15, 0.2) is 30.5 Å². The van der Waals surface area contributed by atoms with Crippen molar-refractivity contribution in [3.8, 4) is 0 Å². The number of ether oxygens (including phenoxy) is 3. The summed E-state index contributed by atoms with van der Waals surface area (Å²) in [5.41, 5.74) is -13.7. The molecule has 1 aromatic heterocycles. The summed E-state index contributed by atoms with van der Waals surface area (Å²) in [7, 11) is 1.32. The van der Waals surface area contributed by atoms with Gasteiger partial charge < -0.3 is 44.7 Å². The van der Waals surface area contributed by atoms with Crippen molar-refractivity contribution in [1.29, 1.82) is 0 Å². The zero-order chi connectivity index (χ0) is 26.5. The molecular formula is C26H35NO9. The molecule has 10 nitrogen and oxygen atoms in total. The molecule has 4 saturated carbocycles. The van der Waals surface area contributed by atoms with Crippen LogP contribution in [0.25, 0.3) is 0 Å². The smallest absolute Gasteiger partial charge is 0.355 e. The molecule has 10 heteroatoms. The third kappa shape index (κ3) is 1.74. The minimum Gasteiger partial charge on any atom is -0.451 e. The summed E-state index contributed by atoms with van der Waals surface area (Å²) in [5.74, 6) is -3.71. The molecule has 36 heavy (non-hydrogen) atoms. The van der Waals surface area contributed by atoms with E-state index in [1.54, 1.807) is 33.0 Å². The average Bonchev–Trinajstić information content (AvgIpc) is 3.44. The lowest BCUT2D eigenvalue weighted by Gasteiger charge is -2.60. The number of carbonyl (C=O) groups excluding carboxylic acids is 1. The van der Waals surface area contributed by atoms with Crippen LogP contribution < -0.4 is 0 Å². The standard InChI is InChI=1S/C26H35NO9/c1-13(2)23(32)18(35-17(29)15-8-7-11-27-15)25(34-6)19(4)12-22(31)20(23,5)26(25,33)24(36-22)16(28)14(3)9-10-21(19,24)30/h7-8,11,13,16,18,27-28,30-33H,3,9-10,12H2,1-2,4-6H3/t16-,18-,19+,20-,21+,22+,23-,24-,25-,26+/m1/s1. The highest BCUT2D eigenvalue weighted by Gasteiger charge is 3.10. The minimum absolute atomic E-state index is 0.0520. The van der Waals surface area contributed by atoms with Gasteiger partial charge in [0.1, 0.15) is 34.2 Å². The van der Waals surface area contributed by atoms with Gasteiger partial charge in [-0.15, -0.1) is 0 Å². The van der Waals surface area contributed by atoms with E-state index >= 15 is 0 Å². The van der Waals surface area contributed by atoms with Gasteiger partial charge in [-0.2, -0.15) is 0 Å². The molecular weight excluding hydrogens is 470 g/mol. The Morgan fingerprint density at radius 1 is 1.25 bits per heavy atom. The van der Waals surface area contributed by atoms with Crippen molar-refractivity contribution in [3.05, 3.63) is 36.2 Å². The lowest BCUT2D eigenvalue weighted by atomic mass is 9.52. The largest absolute Gasteiger partial charge is 0.451 e. The van der Waals surface area contributed by atoms with Crippen molar-refractivity contribution in [3.63, 3.8) is 0 Å². The summed E-state index contributed by atoms with van der Waals surface area (Å²) in [5, 5.41) is 62.0. The maximum absolute atomic E-state index is 13.3. The zero-order valence-corrected chi connectivity index (χ0v) is 21.2. The molecule has 6 fully saturated rings. The second-order valence-corrected chi connectivity index (χ2v) is 12.2. The minimum atomic E-state index is -2.42. The van der Waals surface area contributed by atoms with Crippen molar-refractivity contribution in [1.82, 2.24) is 4.98 Å². The Morgan fingerprint density at radius 2 is 1.92 bits per heavy atom. The molecule has 1 aromatic rings. The highest BCUT2D eigenvalue weighted by molar-refractivity contribution is 5.87. The third-order valence-corrected chi connectivity index (χ3v) is 11.2. The van der Waals surface area contributed by atoms with Gasteiger partial charge in [0.15, 0.2) is 17.5 Å². The molecule has 1 spiro atoms. The van der Waals surface area contributed by atoms with Crippen LogP contribution in [0.5, 0.6) is 0 Å². The number of rotatable bonds is 4. The molecule has 6 N–H and O–H groups in total. The summed E-state index contributed by atoms with van der Waals surface area (Å²) in [6, 6.07) is 3.13. The van der Waals surface area contributed by atoms with Gasteiger partial charge in [-0.25, -0.2) is 4.79 Å². The highest BCUT2D eigenvalue weighted by Crippen LogP contribution is 2.91. The maximum atomic E-state index is 13.3. The lowest BCUT2D eigenvalue weighted by molar-refractivity contribution is -0.383. The number of aliphatic hydroxyl groups excluding tert-OH is 1. The van der Waals surface area contributed by atoms with Crippen LogP contribution in [0, 0.1) is 16.7 Å². The number of aromatic nitrogens is 1. The summed E-state index contributed by atoms with van der Waals surface area (Å²) >= 11 is 0. The Labute approximate surface area is 208 Å². The molecule has 2 saturated heterocycles. The number of methoxy groups -OCH3 is 1. The summed E-state index contributed by atoms with van der Waals surface area (Å²) < 4.78 is 18.5. The normalized spacial score (nSPS) is 56.5. The molecule has 2 aliphatic heterocycles. The van der Waals surface area contributed by atoms with Gasteiger partial charge in [-0.3, -0.25) is 0 Å². The van der Waals surface area contributed by atoms with Crippen LogP contribution in [0.4, 0.5) is 0 Å². The van der Waals surface area contributed by atoms with E-state index < -0.39 is 68.7 Å².